The Hall–Kier alpha value is -3.20. The van der Waals surface area contributed by atoms with Crippen molar-refractivity contribution in [3.63, 3.8) is 0 Å². The molecule has 0 atom stereocenters. The molecule has 0 amide bonds. The second kappa shape index (κ2) is 8.26. The van der Waals surface area contributed by atoms with E-state index in [0.29, 0.717) is 25.7 Å². The molecule has 0 saturated carbocycles. The second-order valence-electron chi connectivity index (χ2n) is 5.64. The summed E-state index contributed by atoms with van der Waals surface area (Å²) in [6, 6.07) is 7.81. The van der Waals surface area contributed by atoms with E-state index in [2.05, 4.69) is 30.7 Å². The number of anilines is 2. The Kier molecular flexibility index (Phi) is 5.59. The molecule has 136 valence electrons. The Morgan fingerprint density at radius 1 is 1.31 bits per heavy atom. The summed E-state index contributed by atoms with van der Waals surface area (Å²) in [5.74, 6) is 1.08. The van der Waals surface area contributed by atoms with Crippen molar-refractivity contribution in [2.75, 3.05) is 30.8 Å². The Balaban J connectivity index is 1.57. The molecule has 3 aromatic rings. The molecule has 0 spiro atoms. The van der Waals surface area contributed by atoms with Gasteiger partial charge in [0.25, 0.3) is 0 Å². The zero-order chi connectivity index (χ0) is 18.4. The molecule has 0 fully saturated rings. The normalized spacial score (nSPS) is 11.7. The monoisotopic (exact) mass is 354 g/mol. The molecule has 2 heterocycles. The number of hydrogen-bond acceptors (Lipinski definition) is 6. The minimum Gasteiger partial charge on any atom is -0.380 e. The van der Waals surface area contributed by atoms with E-state index < -0.39 is 0 Å². The third-order valence-corrected chi connectivity index (χ3v) is 3.80. The van der Waals surface area contributed by atoms with Gasteiger partial charge in [-0.2, -0.15) is 5.10 Å². The smallest absolute Gasteiger partial charge is 0.193 e. The Labute approximate surface area is 151 Å². The van der Waals surface area contributed by atoms with Crippen molar-refractivity contribution in [3.05, 3.63) is 42.4 Å². The zero-order valence-electron chi connectivity index (χ0n) is 14.8. The first-order valence-corrected chi connectivity index (χ1v) is 8.19. The summed E-state index contributed by atoms with van der Waals surface area (Å²) in [6.45, 7) is 1.59. The summed E-state index contributed by atoms with van der Waals surface area (Å²) in [5.41, 5.74) is 8.66. The molecular formula is C17H22N8O. The fraction of sp³-hybridized carbons (Fsp3) is 0.294. The molecule has 0 aliphatic carbocycles. The van der Waals surface area contributed by atoms with Gasteiger partial charge < -0.3 is 21.1 Å². The number of benzene rings is 1. The lowest BCUT2D eigenvalue weighted by molar-refractivity contribution is 0.185. The molecule has 9 nitrogen and oxygen atoms in total. The van der Waals surface area contributed by atoms with Crippen LogP contribution in [0.5, 0.6) is 0 Å². The molecule has 4 N–H and O–H groups in total. The maximum absolute atomic E-state index is 5.98. The number of fused-ring (bicyclic) bond motifs is 1. The second-order valence-corrected chi connectivity index (χ2v) is 5.64. The third kappa shape index (κ3) is 4.06. The number of rotatable bonds is 7. The van der Waals surface area contributed by atoms with Crippen molar-refractivity contribution in [2.45, 2.75) is 6.61 Å². The maximum atomic E-state index is 5.98. The lowest BCUT2D eigenvalue weighted by atomic mass is 10.2. The summed E-state index contributed by atoms with van der Waals surface area (Å²) < 4.78 is 6.89. The van der Waals surface area contributed by atoms with Crippen molar-refractivity contribution < 1.29 is 4.74 Å². The molecule has 0 unspecified atom stereocenters. The van der Waals surface area contributed by atoms with Crippen LogP contribution in [0, 0.1) is 0 Å². The number of aryl methyl sites for hydroxylation is 1. The van der Waals surface area contributed by atoms with E-state index in [1.54, 1.807) is 18.0 Å². The van der Waals surface area contributed by atoms with Gasteiger partial charge in [-0.05, 0) is 6.07 Å². The highest BCUT2D eigenvalue weighted by atomic mass is 16.5. The number of hydrogen-bond donors (Lipinski definition) is 3. The molecule has 2 aromatic heterocycles. The molecular weight excluding hydrogens is 332 g/mol. The van der Waals surface area contributed by atoms with Crippen LogP contribution in [0.2, 0.25) is 0 Å². The highest BCUT2D eigenvalue weighted by Gasteiger charge is 2.07. The van der Waals surface area contributed by atoms with Gasteiger partial charge in [-0.1, -0.05) is 18.2 Å². The lowest BCUT2D eigenvalue weighted by Crippen LogP contribution is -2.24. The number of nitrogens with zero attached hydrogens (tertiary/aromatic N) is 5. The predicted molar refractivity (Wildman–Crippen MR) is 102 cm³/mol. The van der Waals surface area contributed by atoms with Crippen molar-refractivity contribution in [1.82, 2.24) is 19.7 Å². The quantitative estimate of drug-likeness (QED) is 0.333. The van der Waals surface area contributed by atoms with Gasteiger partial charge in [-0.25, -0.2) is 9.97 Å². The van der Waals surface area contributed by atoms with E-state index in [-0.39, 0.29) is 0 Å². The van der Waals surface area contributed by atoms with E-state index in [0.717, 1.165) is 28.1 Å². The summed E-state index contributed by atoms with van der Waals surface area (Å²) in [7, 11) is 3.50. The number of ether oxygens (including phenoxy) is 1. The third-order valence-electron chi connectivity index (χ3n) is 3.80. The van der Waals surface area contributed by atoms with Crippen LogP contribution in [0.1, 0.15) is 5.56 Å². The molecule has 9 heteroatoms. The van der Waals surface area contributed by atoms with Gasteiger partial charge in [0.05, 0.1) is 24.7 Å². The number of methoxy groups -OCH3 is 1. The molecule has 26 heavy (non-hydrogen) atoms. The lowest BCUT2D eigenvalue weighted by Gasteiger charge is -2.11. The summed E-state index contributed by atoms with van der Waals surface area (Å²) >= 11 is 0. The van der Waals surface area contributed by atoms with Crippen LogP contribution in [-0.2, 0) is 18.4 Å². The number of guanidine groups is 1. The molecule has 1 aromatic carbocycles. The zero-order valence-corrected chi connectivity index (χ0v) is 14.8. The molecule has 0 saturated heterocycles. The van der Waals surface area contributed by atoms with Gasteiger partial charge >= 0.3 is 0 Å². The first kappa shape index (κ1) is 17.6. The van der Waals surface area contributed by atoms with Gasteiger partial charge in [0.2, 0.25) is 0 Å². The summed E-state index contributed by atoms with van der Waals surface area (Å²) in [5, 5.41) is 11.4. The van der Waals surface area contributed by atoms with Gasteiger partial charge in [0.15, 0.2) is 11.6 Å². The standard InChI is InChI=1S/C17H22N8O/c1-25-16-13(9-23-25)15(21-11-22-16)19-7-8-20-17(18)24-14-6-4-3-5-12(14)10-26-2/h3-6,9,11H,7-8,10H2,1-2H3,(H3,18,20,24)(H,19,21,22). The first-order valence-electron chi connectivity index (χ1n) is 8.19. The molecule has 0 radical (unpaired) electrons. The fourth-order valence-corrected chi connectivity index (χ4v) is 2.55. The van der Waals surface area contributed by atoms with Gasteiger partial charge in [-0.15, -0.1) is 0 Å². The van der Waals surface area contributed by atoms with Crippen LogP contribution >= 0.6 is 0 Å². The molecule has 0 aliphatic rings. The number of nitrogens with two attached hydrogens (primary N) is 1. The highest BCUT2D eigenvalue weighted by Crippen LogP contribution is 2.17. The number of aliphatic imine (C=N–C) groups is 1. The van der Waals surface area contributed by atoms with E-state index in [9.17, 15) is 0 Å². The highest BCUT2D eigenvalue weighted by molar-refractivity contribution is 5.93. The Bertz CT molecular complexity index is 905. The van der Waals surface area contributed by atoms with Gasteiger partial charge in [-0.3, -0.25) is 9.67 Å². The van der Waals surface area contributed by atoms with E-state index in [1.807, 2.05) is 31.3 Å². The van der Waals surface area contributed by atoms with Crippen molar-refractivity contribution in [2.24, 2.45) is 17.8 Å². The predicted octanol–water partition coefficient (Wildman–Crippen LogP) is 1.35. The van der Waals surface area contributed by atoms with E-state index in [4.69, 9.17) is 10.5 Å². The minimum absolute atomic E-state index is 0.351. The van der Waals surface area contributed by atoms with Crippen molar-refractivity contribution in [3.8, 4) is 0 Å². The van der Waals surface area contributed by atoms with E-state index >= 15 is 0 Å². The molecule has 3 rings (SSSR count). The number of para-hydroxylation sites is 1. The molecule has 0 bridgehead atoms. The average molecular weight is 354 g/mol. The Morgan fingerprint density at radius 2 is 2.15 bits per heavy atom. The largest absolute Gasteiger partial charge is 0.380 e. The van der Waals surface area contributed by atoms with Crippen LogP contribution in [0.3, 0.4) is 0 Å². The van der Waals surface area contributed by atoms with Crippen LogP contribution in [0.4, 0.5) is 11.5 Å². The van der Waals surface area contributed by atoms with Crippen molar-refractivity contribution >= 4 is 28.5 Å². The fourth-order valence-electron chi connectivity index (χ4n) is 2.55. The first-order chi connectivity index (χ1) is 12.7. The summed E-state index contributed by atoms with van der Waals surface area (Å²) in [4.78, 5) is 12.8. The molecule has 0 aliphatic heterocycles. The van der Waals surface area contributed by atoms with Gasteiger partial charge in [0, 0.05) is 32.0 Å². The average Bonchev–Trinajstić information content (AvgIpc) is 3.03. The van der Waals surface area contributed by atoms with E-state index in [1.165, 1.54) is 6.33 Å². The van der Waals surface area contributed by atoms with Crippen LogP contribution in [0.25, 0.3) is 11.0 Å². The SMILES string of the molecule is COCc1ccccc1NC(N)=NCCNc1ncnc2c1cnn2C. The number of aromatic nitrogens is 4. The maximum Gasteiger partial charge on any atom is 0.193 e. The Morgan fingerprint density at radius 3 is 3.00 bits per heavy atom. The van der Waals surface area contributed by atoms with Crippen LogP contribution in [-0.4, -0.2) is 45.9 Å². The van der Waals surface area contributed by atoms with Gasteiger partial charge in [0.1, 0.15) is 12.1 Å². The van der Waals surface area contributed by atoms with Crippen LogP contribution < -0.4 is 16.4 Å². The summed E-state index contributed by atoms with van der Waals surface area (Å²) in [6.07, 6.45) is 3.25. The van der Waals surface area contributed by atoms with Crippen molar-refractivity contribution in [1.29, 1.82) is 0 Å². The topological polar surface area (TPSA) is 115 Å². The number of nitrogens with one attached hydrogen (secondary N) is 2. The minimum atomic E-state index is 0.351. The van der Waals surface area contributed by atoms with Crippen LogP contribution in [0.15, 0.2) is 41.8 Å².